The average Bonchev–Trinajstić information content (AvgIpc) is 2.50. The van der Waals surface area contributed by atoms with E-state index in [1.165, 1.54) is 6.92 Å². The van der Waals surface area contributed by atoms with Gasteiger partial charge >= 0.3 is 11.9 Å². The largest absolute Gasteiger partial charge is 0.460 e. The fourth-order valence-electron chi connectivity index (χ4n) is 3.83. The summed E-state index contributed by atoms with van der Waals surface area (Å²) in [5, 5.41) is 11.6. The van der Waals surface area contributed by atoms with Gasteiger partial charge in [0.15, 0.2) is 5.78 Å². The maximum atomic E-state index is 13.2. The maximum Gasteiger partial charge on any atom is 0.317 e. The summed E-state index contributed by atoms with van der Waals surface area (Å²) in [6.07, 6.45) is -0.356. The highest BCUT2D eigenvalue weighted by atomic mass is 35.5. The second-order valence-corrected chi connectivity index (χ2v) is 10.5. The van der Waals surface area contributed by atoms with E-state index in [4.69, 9.17) is 21.1 Å². The lowest BCUT2D eigenvalue weighted by molar-refractivity contribution is -0.182. The molecule has 4 atom stereocenters. The van der Waals surface area contributed by atoms with Crippen molar-refractivity contribution in [2.75, 3.05) is 0 Å². The molecule has 0 aliphatic heterocycles. The van der Waals surface area contributed by atoms with Gasteiger partial charge in [-0.2, -0.15) is 0 Å². The molecule has 0 spiro atoms. The van der Waals surface area contributed by atoms with Crippen molar-refractivity contribution in [3.05, 3.63) is 34.9 Å². The molecule has 6 nitrogen and oxygen atoms in total. The normalized spacial score (nSPS) is 27.5. The molecule has 0 saturated heterocycles. The van der Waals surface area contributed by atoms with Crippen LogP contribution in [0.4, 0.5) is 0 Å². The Morgan fingerprint density at radius 2 is 1.47 bits per heavy atom. The van der Waals surface area contributed by atoms with Crippen LogP contribution < -0.4 is 0 Å². The zero-order chi connectivity index (χ0) is 23.1. The van der Waals surface area contributed by atoms with Gasteiger partial charge in [0.2, 0.25) is 0 Å². The number of esters is 2. The SMILES string of the molecule is CC(C)(C)OC(=O)[C@H]1C(=O)C[C@](C)(O)[C@@H](C(=O)OC(C)(C)C)[C@@H]1c1ccc(Cl)cc1. The molecule has 7 heteroatoms. The molecule has 1 N–H and O–H groups in total. The van der Waals surface area contributed by atoms with Crippen molar-refractivity contribution in [2.45, 2.75) is 77.6 Å². The molecule has 1 saturated carbocycles. The Bertz CT molecular complexity index is 814. The Morgan fingerprint density at radius 1 is 1.00 bits per heavy atom. The van der Waals surface area contributed by atoms with Gasteiger partial charge < -0.3 is 14.6 Å². The quantitative estimate of drug-likeness (QED) is 0.565. The highest BCUT2D eigenvalue weighted by molar-refractivity contribution is 6.30. The minimum Gasteiger partial charge on any atom is -0.460 e. The van der Waals surface area contributed by atoms with Crippen LogP contribution in [0.3, 0.4) is 0 Å². The van der Waals surface area contributed by atoms with E-state index >= 15 is 0 Å². The Kier molecular flexibility index (Phi) is 6.74. The Hall–Kier alpha value is -1.92. The summed E-state index contributed by atoms with van der Waals surface area (Å²) in [5.41, 5.74) is -2.79. The van der Waals surface area contributed by atoms with Gasteiger partial charge in [-0.05, 0) is 66.2 Å². The number of carbonyl (C=O) groups is 3. The Morgan fingerprint density at radius 3 is 1.93 bits per heavy atom. The van der Waals surface area contributed by atoms with Crippen LogP contribution in [-0.4, -0.2) is 39.6 Å². The highest BCUT2D eigenvalue weighted by Crippen LogP contribution is 2.47. The Balaban J connectivity index is 2.62. The van der Waals surface area contributed by atoms with Gasteiger partial charge in [0.05, 0.1) is 11.5 Å². The smallest absolute Gasteiger partial charge is 0.317 e. The summed E-state index contributed by atoms with van der Waals surface area (Å²) < 4.78 is 11.1. The molecule has 30 heavy (non-hydrogen) atoms. The van der Waals surface area contributed by atoms with Crippen molar-refractivity contribution in [1.82, 2.24) is 0 Å². The lowest BCUT2D eigenvalue weighted by Gasteiger charge is -2.44. The van der Waals surface area contributed by atoms with E-state index in [-0.39, 0.29) is 6.42 Å². The van der Waals surface area contributed by atoms with Crippen LogP contribution in [0.2, 0.25) is 5.02 Å². The maximum absolute atomic E-state index is 13.2. The molecule has 0 radical (unpaired) electrons. The Labute approximate surface area is 182 Å². The summed E-state index contributed by atoms with van der Waals surface area (Å²) in [4.78, 5) is 39.2. The zero-order valence-corrected chi connectivity index (χ0v) is 19.4. The van der Waals surface area contributed by atoms with Gasteiger partial charge in [-0.25, -0.2) is 0 Å². The van der Waals surface area contributed by atoms with Gasteiger partial charge in [0.25, 0.3) is 0 Å². The number of hydrogen-bond donors (Lipinski definition) is 1. The molecule has 1 aliphatic carbocycles. The molecule has 0 heterocycles. The molecule has 0 unspecified atom stereocenters. The summed E-state index contributed by atoms with van der Waals surface area (Å²) in [7, 11) is 0. The first-order chi connectivity index (χ1) is 13.5. The number of ether oxygens (including phenoxy) is 2. The van der Waals surface area contributed by atoms with E-state index in [2.05, 4.69) is 0 Å². The second kappa shape index (κ2) is 8.31. The molecule has 1 fully saturated rings. The van der Waals surface area contributed by atoms with Crippen molar-refractivity contribution in [1.29, 1.82) is 0 Å². The predicted molar refractivity (Wildman–Crippen MR) is 113 cm³/mol. The van der Waals surface area contributed by atoms with Crippen molar-refractivity contribution >= 4 is 29.3 Å². The van der Waals surface area contributed by atoms with Crippen molar-refractivity contribution in [3.63, 3.8) is 0 Å². The van der Waals surface area contributed by atoms with Crippen molar-refractivity contribution < 1.29 is 29.0 Å². The highest BCUT2D eigenvalue weighted by Gasteiger charge is 2.57. The number of rotatable bonds is 3. The summed E-state index contributed by atoms with van der Waals surface area (Å²) in [6.45, 7) is 11.7. The first-order valence-corrected chi connectivity index (χ1v) is 10.4. The second-order valence-electron chi connectivity index (χ2n) is 10.1. The molecule has 1 aromatic carbocycles. The predicted octanol–water partition coefficient (Wildman–Crippen LogP) is 4.06. The topological polar surface area (TPSA) is 89.9 Å². The van der Waals surface area contributed by atoms with E-state index in [0.717, 1.165) is 0 Å². The van der Waals surface area contributed by atoms with E-state index in [0.29, 0.717) is 10.6 Å². The summed E-state index contributed by atoms with van der Waals surface area (Å²) in [5.74, 6) is -5.22. The third kappa shape index (κ3) is 5.82. The van der Waals surface area contributed by atoms with E-state index in [1.807, 2.05) is 0 Å². The van der Waals surface area contributed by atoms with Gasteiger partial charge in [0.1, 0.15) is 17.1 Å². The van der Waals surface area contributed by atoms with Crippen molar-refractivity contribution in [3.8, 4) is 0 Å². The van der Waals surface area contributed by atoms with E-state index < -0.39 is 52.3 Å². The third-order valence-corrected chi connectivity index (χ3v) is 5.10. The monoisotopic (exact) mass is 438 g/mol. The van der Waals surface area contributed by atoms with Crippen LogP contribution in [0.15, 0.2) is 24.3 Å². The van der Waals surface area contributed by atoms with Gasteiger partial charge in [0, 0.05) is 17.4 Å². The average molecular weight is 439 g/mol. The van der Waals surface area contributed by atoms with Crippen LogP contribution in [-0.2, 0) is 23.9 Å². The first-order valence-electron chi connectivity index (χ1n) is 9.98. The van der Waals surface area contributed by atoms with Crippen LogP contribution in [0.5, 0.6) is 0 Å². The molecule has 0 bridgehead atoms. The van der Waals surface area contributed by atoms with E-state index in [1.54, 1.807) is 65.8 Å². The fourth-order valence-corrected chi connectivity index (χ4v) is 3.96. The number of hydrogen-bond acceptors (Lipinski definition) is 6. The van der Waals surface area contributed by atoms with E-state index in [9.17, 15) is 19.5 Å². The molecular formula is C23H31ClO6. The molecule has 1 aliphatic rings. The third-order valence-electron chi connectivity index (χ3n) is 4.84. The number of halogens is 1. The number of ketones is 1. The standard InChI is InChI=1S/C23H31ClO6/c1-21(2,3)29-19(26)17-15(25)12-23(7,28)18(20(27)30-22(4,5)6)16(17)13-8-10-14(24)11-9-13/h8-11,16-18,28H,12H2,1-7H3/t16-,17+,18-,23+/m1/s1. The molecule has 166 valence electrons. The molecular weight excluding hydrogens is 408 g/mol. The van der Waals surface area contributed by atoms with Crippen LogP contribution in [0.1, 0.15) is 66.4 Å². The van der Waals surface area contributed by atoms with Crippen LogP contribution in [0, 0.1) is 11.8 Å². The van der Waals surface area contributed by atoms with Crippen molar-refractivity contribution in [2.24, 2.45) is 11.8 Å². The lowest BCUT2D eigenvalue weighted by atomic mass is 9.61. The molecule has 0 amide bonds. The molecule has 2 rings (SSSR count). The van der Waals surface area contributed by atoms with Crippen LogP contribution in [0.25, 0.3) is 0 Å². The fraction of sp³-hybridized carbons (Fsp3) is 0.609. The summed E-state index contributed by atoms with van der Waals surface area (Å²) >= 11 is 6.01. The summed E-state index contributed by atoms with van der Waals surface area (Å²) in [6, 6.07) is 6.53. The number of benzene rings is 1. The minimum absolute atomic E-state index is 0.356. The first kappa shape index (κ1) is 24.4. The van der Waals surface area contributed by atoms with Crippen LogP contribution >= 0.6 is 11.6 Å². The zero-order valence-electron chi connectivity index (χ0n) is 18.6. The lowest BCUT2D eigenvalue weighted by Crippen LogP contribution is -2.56. The minimum atomic E-state index is -1.69. The van der Waals surface area contributed by atoms with Gasteiger partial charge in [-0.1, -0.05) is 23.7 Å². The molecule has 0 aromatic heterocycles. The molecule has 1 aromatic rings. The van der Waals surface area contributed by atoms with Gasteiger partial charge in [-0.15, -0.1) is 0 Å². The number of Topliss-reactive ketones (excluding diaryl/α,β-unsaturated/α-hetero) is 1. The number of carbonyl (C=O) groups excluding carboxylic acids is 3. The number of aliphatic hydroxyl groups is 1. The van der Waals surface area contributed by atoms with Gasteiger partial charge in [-0.3, -0.25) is 14.4 Å².